The molecule has 1 aromatic rings. The monoisotopic (exact) mass is 210 g/mol. The van der Waals surface area contributed by atoms with Gasteiger partial charge >= 0.3 is 0 Å². The average molecular weight is 210 g/mol. The van der Waals surface area contributed by atoms with Gasteiger partial charge in [0.05, 0.1) is 5.54 Å². The van der Waals surface area contributed by atoms with Crippen molar-refractivity contribution in [3.05, 3.63) is 16.1 Å². The van der Waals surface area contributed by atoms with Gasteiger partial charge in [-0.3, -0.25) is 0 Å². The summed E-state index contributed by atoms with van der Waals surface area (Å²) in [6.45, 7) is 2.08. The van der Waals surface area contributed by atoms with Crippen molar-refractivity contribution >= 4 is 11.3 Å². The van der Waals surface area contributed by atoms with Crippen LogP contribution < -0.4 is 5.32 Å². The summed E-state index contributed by atoms with van der Waals surface area (Å²) in [7, 11) is 2.07. The van der Waals surface area contributed by atoms with Crippen LogP contribution in [-0.4, -0.2) is 12.0 Å². The highest BCUT2D eigenvalue weighted by Crippen LogP contribution is 2.37. The lowest BCUT2D eigenvalue weighted by Crippen LogP contribution is -2.41. The maximum absolute atomic E-state index is 4.63. The molecule has 0 atom stereocenters. The van der Waals surface area contributed by atoms with Gasteiger partial charge in [-0.1, -0.05) is 19.3 Å². The Kier molecular flexibility index (Phi) is 2.88. The second kappa shape index (κ2) is 3.99. The molecule has 0 aliphatic heterocycles. The molecule has 0 bridgehead atoms. The van der Waals surface area contributed by atoms with E-state index >= 15 is 0 Å². The number of aryl methyl sites for hydroxylation is 1. The Morgan fingerprint density at radius 2 is 2.07 bits per heavy atom. The molecule has 1 aromatic heterocycles. The molecule has 1 aliphatic rings. The molecule has 1 aliphatic carbocycles. The van der Waals surface area contributed by atoms with Crippen molar-refractivity contribution in [2.24, 2.45) is 0 Å². The lowest BCUT2D eigenvalue weighted by Gasteiger charge is -2.35. The van der Waals surface area contributed by atoms with Crippen LogP contribution in [0.1, 0.15) is 42.8 Å². The van der Waals surface area contributed by atoms with E-state index in [0.29, 0.717) is 0 Å². The van der Waals surface area contributed by atoms with Gasteiger partial charge in [0.25, 0.3) is 0 Å². The summed E-state index contributed by atoms with van der Waals surface area (Å²) in [5.74, 6) is 0. The number of nitrogens with one attached hydrogen (secondary N) is 1. The molecule has 0 radical (unpaired) electrons. The Bertz CT molecular complexity index is 300. The van der Waals surface area contributed by atoms with Gasteiger partial charge in [-0.25, -0.2) is 4.98 Å². The molecule has 14 heavy (non-hydrogen) atoms. The van der Waals surface area contributed by atoms with Crippen LogP contribution >= 0.6 is 11.3 Å². The van der Waals surface area contributed by atoms with Crippen molar-refractivity contribution in [3.63, 3.8) is 0 Å². The predicted octanol–water partition coefficient (Wildman–Crippen LogP) is 2.83. The van der Waals surface area contributed by atoms with Crippen molar-refractivity contribution in [1.82, 2.24) is 10.3 Å². The number of hydrogen-bond donors (Lipinski definition) is 1. The third-order valence-electron chi connectivity index (χ3n) is 3.21. The molecule has 1 N–H and O–H groups in total. The minimum absolute atomic E-state index is 0.192. The Morgan fingerprint density at radius 3 is 2.57 bits per heavy atom. The summed E-state index contributed by atoms with van der Waals surface area (Å²) in [5.41, 5.74) is 1.35. The highest BCUT2D eigenvalue weighted by Gasteiger charge is 2.34. The van der Waals surface area contributed by atoms with E-state index < -0.39 is 0 Å². The molecule has 0 aromatic carbocycles. The lowest BCUT2D eigenvalue weighted by atomic mass is 9.82. The van der Waals surface area contributed by atoms with Crippen LogP contribution in [0.2, 0.25) is 0 Å². The van der Waals surface area contributed by atoms with Gasteiger partial charge in [0.2, 0.25) is 0 Å². The topological polar surface area (TPSA) is 24.9 Å². The Hall–Kier alpha value is -0.410. The number of hydrogen-bond acceptors (Lipinski definition) is 3. The normalized spacial score (nSPS) is 21.0. The summed E-state index contributed by atoms with van der Waals surface area (Å²) >= 11 is 1.81. The Morgan fingerprint density at radius 1 is 1.36 bits per heavy atom. The number of rotatable bonds is 2. The molecule has 3 heteroatoms. The molecule has 0 saturated heterocycles. The molecular formula is C11H18N2S. The van der Waals surface area contributed by atoms with E-state index in [4.69, 9.17) is 0 Å². The third-order valence-corrected chi connectivity index (χ3v) is 4.38. The summed E-state index contributed by atoms with van der Waals surface area (Å²) in [5, 5.41) is 6.94. The highest BCUT2D eigenvalue weighted by molar-refractivity contribution is 7.09. The molecular weight excluding hydrogens is 192 g/mol. The van der Waals surface area contributed by atoms with Crippen LogP contribution in [0.15, 0.2) is 5.38 Å². The quantitative estimate of drug-likeness (QED) is 0.812. The summed E-state index contributed by atoms with van der Waals surface area (Å²) in [6.07, 6.45) is 6.54. The number of nitrogens with zero attached hydrogens (tertiary/aromatic N) is 1. The van der Waals surface area contributed by atoms with Gasteiger partial charge < -0.3 is 5.32 Å². The smallest absolute Gasteiger partial charge is 0.113 e. The lowest BCUT2D eigenvalue weighted by molar-refractivity contribution is 0.249. The van der Waals surface area contributed by atoms with Crippen LogP contribution in [-0.2, 0) is 5.54 Å². The maximum Gasteiger partial charge on any atom is 0.113 e. The number of thiazole rings is 1. The molecule has 2 rings (SSSR count). The molecule has 0 spiro atoms. The second-order valence-electron chi connectivity index (χ2n) is 4.19. The fourth-order valence-corrected chi connectivity index (χ4v) is 3.36. The van der Waals surface area contributed by atoms with Crippen LogP contribution in [0, 0.1) is 6.92 Å². The molecule has 1 fully saturated rings. The minimum Gasteiger partial charge on any atom is -0.308 e. The van der Waals surface area contributed by atoms with Gasteiger partial charge in [-0.2, -0.15) is 0 Å². The molecule has 0 amide bonds. The fourth-order valence-electron chi connectivity index (χ4n) is 2.30. The van der Waals surface area contributed by atoms with Gasteiger partial charge in [0, 0.05) is 11.1 Å². The first-order chi connectivity index (χ1) is 6.77. The van der Waals surface area contributed by atoms with E-state index in [-0.39, 0.29) is 5.54 Å². The molecule has 78 valence electrons. The van der Waals surface area contributed by atoms with Gasteiger partial charge in [-0.05, 0) is 26.8 Å². The zero-order valence-electron chi connectivity index (χ0n) is 8.97. The summed E-state index contributed by atoms with van der Waals surface area (Å²) in [4.78, 5) is 4.63. The first-order valence-electron chi connectivity index (χ1n) is 5.38. The van der Waals surface area contributed by atoms with E-state index in [0.717, 1.165) is 5.69 Å². The van der Waals surface area contributed by atoms with E-state index in [2.05, 4.69) is 29.7 Å². The van der Waals surface area contributed by atoms with Crippen molar-refractivity contribution in [2.45, 2.75) is 44.6 Å². The first-order valence-corrected chi connectivity index (χ1v) is 6.26. The van der Waals surface area contributed by atoms with Crippen molar-refractivity contribution in [1.29, 1.82) is 0 Å². The van der Waals surface area contributed by atoms with Gasteiger partial charge in [-0.15, -0.1) is 11.3 Å². The van der Waals surface area contributed by atoms with E-state index in [1.165, 1.54) is 37.1 Å². The molecule has 2 nitrogen and oxygen atoms in total. The fraction of sp³-hybridized carbons (Fsp3) is 0.727. The zero-order chi connectivity index (χ0) is 10.0. The van der Waals surface area contributed by atoms with Gasteiger partial charge in [0.1, 0.15) is 5.01 Å². The predicted molar refractivity (Wildman–Crippen MR) is 60.7 cm³/mol. The maximum atomic E-state index is 4.63. The zero-order valence-corrected chi connectivity index (χ0v) is 9.78. The standard InChI is InChI=1S/C11H18N2S/c1-9-8-14-10(13-9)11(12-2)6-4-3-5-7-11/h8,12H,3-7H2,1-2H3. The summed E-state index contributed by atoms with van der Waals surface area (Å²) in [6, 6.07) is 0. The first kappa shape index (κ1) is 10.1. The minimum atomic E-state index is 0.192. The average Bonchev–Trinajstić information content (AvgIpc) is 2.66. The third kappa shape index (κ3) is 1.71. The second-order valence-corrected chi connectivity index (χ2v) is 5.04. The van der Waals surface area contributed by atoms with Crippen LogP contribution in [0.25, 0.3) is 0 Å². The van der Waals surface area contributed by atoms with Crippen LogP contribution in [0.5, 0.6) is 0 Å². The SMILES string of the molecule is CNC1(c2nc(C)cs2)CCCCC1. The molecule has 1 heterocycles. The molecule has 1 saturated carbocycles. The number of aromatic nitrogens is 1. The van der Waals surface area contributed by atoms with Crippen molar-refractivity contribution < 1.29 is 0 Å². The highest BCUT2D eigenvalue weighted by atomic mass is 32.1. The van der Waals surface area contributed by atoms with Crippen LogP contribution in [0.4, 0.5) is 0 Å². The van der Waals surface area contributed by atoms with E-state index in [9.17, 15) is 0 Å². The van der Waals surface area contributed by atoms with Crippen molar-refractivity contribution in [3.8, 4) is 0 Å². The summed E-state index contributed by atoms with van der Waals surface area (Å²) < 4.78 is 0. The largest absolute Gasteiger partial charge is 0.308 e. The Balaban J connectivity index is 2.26. The Labute approximate surface area is 89.8 Å². The van der Waals surface area contributed by atoms with E-state index in [1.807, 2.05) is 0 Å². The van der Waals surface area contributed by atoms with Gasteiger partial charge in [0.15, 0.2) is 0 Å². The molecule has 0 unspecified atom stereocenters. The van der Waals surface area contributed by atoms with Crippen LogP contribution in [0.3, 0.4) is 0 Å². The van der Waals surface area contributed by atoms with E-state index in [1.54, 1.807) is 11.3 Å². The van der Waals surface area contributed by atoms with Crippen molar-refractivity contribution in [2.75, 3.05) is 7.05 Å².